The second-order valence-corrected chi connectivity index (χ2v) is 6.28. The van der Waals surface area contributed by atoms with Gasteiger partial charge in [0.2, 0.25) is 6.79 Å². The van der Waals surface area contributed by atoms with Gasteiger partial charge in [-0.2, -0.15) is 0 Å². The number of ether oxygens (including phenoxy) is 2. The van der Waals surface area contributed by atoms with Gasteiger partial charge < -0.3 is 14.8 Å². The quantitative estimate of drug-likeness (QED) is 0.778. The van der Waals surface area contributed by atoms with Crippen LogP contribution in [0.25, 0.3) is 0 Å². The summed E-state index contributed by atoms with van der Waals surface area (Å²) >= 11 is 7.12. The van der Waals surface area contributed by atoms with Gasteiger partial charge in [-0.1, -0.05) is 12.1 Å². The van der Waals surface area contributed by atoms with Crippen LogP contribution in [0.1, 0.15) is 18.5 Å². The van der Waals surface area contributed by atoms with Crippen LogP contribution >= 0.6 is 31.9 Å². The van der Waals surface area contributed by atoms with E-state index in [2.05, 4.69) is 50.2 Å². The van der Waals surface area contributed by atoms with Crippen LogP contribution in [-0.4, -0.2) is 6.79 Å². The molecule has 1 atom stereocenters. The van der Waals surface area contributed by atoms with Gasteiger partial charge in [-0.3, -0.25) is 0 Å². The van der Waals surface area contributed by atoms with Crippen molar-refractivity contribution >= 4 is 37.5 Å². The molecule has 0 saturated heterocycles. The van der Waals surface area contributed by atoms with Gasteiger partial charge >= 0.3 is 0 Å². The van der Waals surface area contributed by atoms with E-state index in [4.69, 9.17) is 9.47 Å². The molecule has 0 spiro atoms. The first-order valence-corrected chi connectivity index (χ1v) is 7.84. The molecule has 2 aromatic rings. The lowest BCUT2D eigenvalue weighted by molar-refractivity contribution is 0.174. The van der Waals surface area contributed by atoms with E-state index < -0.39 is 0 Å². The van der Waals surface area contributed by atoms with Crippen LogP contribution < -0.4 is 14.8 Å². The minimum atomic E-state index is 0.152. The average molecular weight is 399 g/mol. The van der Waals surface area contributed by atoms with E-state index in [0.29, 0.717) is 6.79 Å². The van der Waals surface area contributed by atoms with Gasteiger partial charge in [0.05, 0.1) is 5.69 Å². The summed E-state index contributed by atoms with van der Waals surface area (Å²) in [6, 6.07) is 12.2. The first-order valence-electron chi connectivity index (χ1n) is 6.25. The predicted molar refractivity (Wildman–Crippen MR) is 86.4 cm³/mol. The summed E-state index contributed by atoms with van der Waals surface area (Å²) < 4.78 is 12.8. The third-order valence-corrected chi connectivity index (χ3v) is 4.54. The van der Waals surface area contributed by atoms with E-state index in [0.717, 1.165) is 31.7 Å². The fourth-order valence-electron chi connectivity index (χ4n) is 2.12. The van der Waals surface area contributed by atoms with Crippen molar-refractivity contribution in [3.05, 3.63) is 50.9 Å². The Hall–Kier alpha value is -1.20. The van der Waals surface area contributed by atoms with Gasteiger partial charge in [0, 0.05) is 15.0 Å². The fraction of sp³-hybridized carbons (Fsp3) is 0.200. The highest BCUT2D eigenvalue weighted by atomic mass is 79.9. The third kappa shape index (κ3) is 2.65. The molecule has 1 aliphatic rings. The summed E-state index contributed by atoms with van der Waals surface area (Å²) in [5.74, 6) is 1.62. The van der Waals surface area contributed by atoms with Crippen molar-refractivity contribution in [2.24, 2.45) is 0 Å². The van der Waals surface area contributed by atoms with Crippen LogP contribution in [0.2, 0.25) is 0 Å². The van der Waals surface area contributed by atoms with Crippen LogP contribution in [0.5, 0.6) is 11.5 Å². The number of nitrogens with one attached hydrogen (secondary N) is 1. The maximum absolute atomic E-state index is 5.42. The lowest BCUT2D eigenvalue weighted by Gasteiger charge is -2.18. The Morgan fingerprint density at radius 1 is 1.05 bits per heavy atom. The molecule has 0 amide bonds. The molecule has 1 aliphatic heterocycles. The molecule has 104 valence electrons. The number of anilines is 1. The zero-order valence-corrected chi connectivity index (χ0v) is 14.0. The summed E-state index contributed by atoms with van der Waals surface area (Å²) in [7, 11) is 0. The molecule has 1 heterocycles. The second kappa shape index (κ2) is 5.66. The van der Waals surface area contributed by atoms with Crippen molar-refractivity contribution in [3.8, 4) is 11.5 Å². The average Bonchev–Trinajstić information content (AvgIpc) is 2.90. The van der Waals surface area contributed by atoms with Crippen molar-refractivity contribution in [2.75, 3.05) is 12.1 Å². The molecule has 0 radical (unpaired) electrons. The Kier molecular flexibility index (Phi) is 3.89. The molecular weight excluding hydrogens is 386 g/mol. The number of benzene rings is 2. The first kappa shape index (κ1) is 13.8. The van der Waals surface area contributed by atoms with Gasteiger partial charge in [0.1, 0.15) is 0 Å². The minimum absolute atomic E-state index is 0.152. The summed E-state index contributed by atoms with van der Waals surface area (Å²) in [4.78, 5) is 0. The molecule has 0 bridgehead atoms. The molecule has 2 aromatic carbocycles. The summed E-state index contributed by atoms with van der Waals surface area (Å²) in [5.41, 5.74) is 2.19. The topological polar surface area (TPSA) is 30.5 Å². The van der Waals surface area contributed by atoms with E-state index in [1.165, 1.54) is 0 Å². The summed E-state index contributed by atoms with van der Waals surface area (Å²) in [5, 5.41) is 3.50. The maximum Gasteiger partial charge on any atom is 0.231 e. The van der Waals surface area contributed by atoms with Crippen molar-refractivity contribution in [1.82, 2.24) is 0 Å². The molecule has 0 saturated carbocycles. The van der Waals surface area contributed by atoms with Crippen molar-refractivity contribution < 1.29 is 9.47 Å². The van der Waals surface area contributed by atoms with E-state index in [-0.39, 0.29) is 6.04 Å². The molecule has 1 unspecified atom stereocenters. The van der Waals surface area contributed by atoms with Crippen LogP contribution in [0.3, 0.4) is 0 Å². The van der Waals surface area contributed by atoms with Crippen molar-refractivity contribution in [3.63, 3.8) is 0 Å². The highest BCUT2D eigenvalue weighted by Gasteiger charge is 2.16. The second-order valence-electron chi connectivity index (χ2n) is 4.58. The Balaban J connectivity index is 1.84. The van der Waals surface area contributed by atoms with Crippen LogP contribution in [0, 0.1) is 0 Å². The van der Waals surface area contributed by atoms with E-state index in [1.807, 2.05) is 30.3 Å². The van der Waals surface area contributed by atoms with Crippen LogP contribution in [-0.2, 0) is 0 Å². The van der Waals surface area contributed by atoms with Gasteiger partial charge in [0.25, 0.3) is 0 Å². The number of halogens is 2. The van der Waals surface area contributed by atoms with Gasteiger partial charge in [-0.05, 0) is 68.6 Å². The van der Waals surface area contributed by atoms with Crippen molar-refractivity contribution in [2.45, 2.75) is 13.0 Å². The molecule has 3 rings (SSSR count). The predicted octanol–water partition coefficient (Wildman–Crippen LogP) is 5.11. The molecule has 0 fully saturated rings. The summed E-state index contributed by atoms with van der Waals surface area (Å²) in [6.45, 7) is 2.42. The molecule has 5 heteroatoms. The smallest absolute Gasteiger partial charge is 0.231 e. The normalized spacial score (nSPS) is 14.2. The molecular formula is C15H13Br2NO2. The molecule has 0 aliphatic carbocycles. The Bertz CT molecular complexity index is 626. The molecule has 20 heavy (non-hydrogen) atoms. The number of fused-ring (bicyclic) bond motifs is 1. The Labute approximate surface area is 134 Å². The van der Waals surface area contributed by atoms with Crippen molar-refractivity contribution in [1.29, 1.82) is 0 Å². The standard InChI is InChI=1S/C15H13Br2NO2/c1-9(18-15-11(16)3-2-4-12(15)17)10-5-6-13-14(7-10)20-8-19-13/h2-7,9,18H,8H2,1H3. The SMILES string of the molecule is CC(Nc1c(Br)cccc1Br)c1ccc2c(c1)OCO2. The Morgan fingerprint density at radius 2 is 1.75 bits per heavy atom. The first-order chi connectivity index (χ1) is 9.65. The lowest BCUT2D eigenvalue weighted by Crippen LogP contribution is -2.07. The lowest BCUT2D eigenvalue weighted by atomic mass is 10.1. The van der Waals surface area contributed by atoms with Crippen LogP contribution in [0.4, 0.5) is 5.69 Å². The molecule has 3 nitrogen and oxygen atoms in total. The number of hydrogen-bond donors (Lipinski definition) is 1. The third-order valence-electron chi connectivity index (χ3n) is 3.22. The minimum Gasteiger partial charge on any atom is -0.454 e. The van der Waals surface area contributed by atoms with Gasteiger partial charge in [0.15, 0.2) is 11.5 Å². The zero-order chi connectivity index (χ0) is 14.1. The Morgan fingerprint density at radius 3 is 2.50 bits per heavy atom. The van der Waals surface area contributed by atoms with E-state index in [9.17, 15) is 0 Å². The molecule has 0 aromatic heterocycles. The largest absolute Gasteiger partial charge is 0.454 e. The highest BCUT2D eigenvalue weighted by Crippen LogP contribution is 2.37. The monoisotopic (exact) mass is 397 g/mol. The van der Waals surface area contributed by atoms with Gasteiger partial charge in [-0.25, -0.2) is 0 Å². The van der Waals surface area contributed by atoms with E-state index in [1.54, 1.807) is 0 Å². The van der Waals surface area contributed by atoms with Crippen LogP contribution in [0.15, 0.2) is 45.3 Å². The zero-order valence-electron chi connectivity index (χ0n) is 10.8. The van der Waals surface area contributed by atoms with Gasteiger partial charge in [-0.15, -0.1) is 0 Å². The molecule has 1 N–H and O–H groups in total. The number of para-hydroxylation sites is 1. The number of rotatable bonds is 3. The maximum atomic E-state index is 5.42. The fourth-order valence-corrected chi connectivity index (χ4v) is 3.35. The summed E-state index contributed by atoms with van der Waals surface area (Å²) in [6.07, 6.45) is 0. The van der Waals surface area contributed by atoms with E-state index >= 15 is 0 Å². The highest BCUT2D eigenvalue weighted by molar-refractivity contribution is 9.11. The number of hydrogen-bond acceptors (Lipinski definition) is 3.